The molecule has 2 aliphatic rings. The Morgan fingerprint density at radius 3 is 2.74 bits per heavy atom. The van der Waals surface area contributed by atoms with Crippen molar-refractivity contribution in [2.24, 2.45) is 0 Å². The molecule has 3 heterocycles. The molecule has 0 saturated carbocycles. The highest BCUT2D eigenvalue weighted by molar-refractivity contribution is 7.93. The van der Waals surface area contributed by atoms with Gasteiger partial charge in [-0.25, -0.2) is 8.42 Å². The molecule has 0 aliphatic carbocycles. The van der Waals surface area contributed by atoms with E-state index in [1.54, 1.807) is 4.31 Å². The zero-order valence-corrected chi connectivity index (χ0v) is 15.7. The van der Waals surface area contributed by atoms with Gasteiger partial charge in [0.2, 0.25) is 10.0 Å². The van der Waals surface area contributed by atoms with Crippen molar-refractivity contribution in [3.8, 4) is 0 Å². The van der Waals surface area contributed by atoms with Gasteiger partial charge in [0.1, 0.15) is 5.52 Å². The lowest BCUT2D eigenvalue weighted by Crippen LogP contribution is -2.47. The molecular formula is C20H21N3O3S. The number of aromatic nitrogens is 1. The second-order valence-electron chi connectivity index (χ2n) is 7.17. The first-order chi connectivity index (χ1) is 13.1. The molecular weight excluding hydrogens is 362 g/mol. The molecule has 1 saturated heterocycles. The van der Waals surface area contributed by atoms with Gasteiger partial charge in [-0.05, 0) is 43.0 Å². The van der Waals surface area contributed by atoms with Crippen LogP contribution in [0.25, 0.3) is 11.1 Å². The minimum absolute atomic E-state index is 0.411. The Balaban J connectivity index is 1.42. The van der Waals surface area contributed by atoms with Crippen molar-refractivity contribution in [3.63, 3.8) is 0 Å². The van der Waals surface area contributed by atoms with E-state index in [1.807, 2.05) is 53.4 Å². The molecule has 140 valence electrons. The van der Waals surface area contributed by atoms with E-state index >= 15 is 0 Å². The number of sulfonamides is 1. The van der Waals surface area contributed by atoms with Crippen LogP contribution in [-0.4, -0.2) is 38.3 Å². The van der Waals surface area contributed by atoms with E-state index in [-0.39, 0.29) is 0 Å². The number of benzene rings is 2. The van der Waals surface area contributed by atoms with E-state index in [0.717, 1.165) is 41.7 Å². The van der Waals surface area contributed by atoms with Gasteiger partial charge in [0.25, 0.3) is 6.01 Å². The molecule has 0 N–H and O–H groups in total. The molecule has 3 aromatic rings. The number of fused-ring (bicyclic) bond motifs is 2. The van der Waals surface area contributed by atoms with E-state index in [9.17, 15) is 8.42 Å². The average molecular weight is 383 g/mol. The predicted octanol–water partition coefficient (Wildman–Crippen LogP) is 3.19. The Bertz CT molecular complexity index is 1060. The maximum absolute atomic E-state index is 13.3. The molecule has 0 amide bonds. The van der Waals surface area contributed by atoms with Crippen LogP contribution in [0.2, 0.25) is 0 Å². The highest BCUT2D eigenvalue weighted by atomic mass is 32.2. The van der Waals surface area contributed by atoms with Crippen molar-refractivity contribution in [2.75, 3.05) is 28.8 Å². The van der Waals surface area contributed by atoms with Gasteiger partial charge in [-0.15, -0.1) is 0 Å². The summed E-state index contributed by atoms with van der Waals surface area (Å²) in [5.41, 5.74) is 3.46. The van der Waals surface area contributed by atoms with Crippen molar-refractivity contribution in [3.05, 3.63) is 54.1 Å². The van der Waals surface area contributed by atoms with Crippen LogP contribution in [0.3, 0.4) is 0 Å². The summed E-state index contributed by atoms with van der Waals surface area (Å²) in [6.45, 7) is 1.70. The summed E-state index contributed by atoms with van der Waals surface area (Å²) in [5.74, 6) is 0. The summed E-state index contributed by atoms with van der Waals surface area (Å²) >= 11 is 0. The smallest absolute Gasteiger partial charge is 0.298 e. The standard InChI is InChI=1S/C20H21N3O3S/c24-27(25,23-13-11-15-6-1-3-9-18(15)23)16-7-5-12-22(14-16)20-21-17-8-2-4-10-19(17)26-20/h1-4,6,8-10,16H,5,7,11-14H2. The molecule has 0 spiro atoms. The molecule has 6 nitrogen and oxygen atoms in total. The largest absolute Gasteiger partial charge is 0.423 e. The van der Waals surface area contributed by atoms with Gasteiger partial charge in [-0.1, -0.05) is 30.3 Å². The summed E-state index contributed by atoms with van der Waals surface area (Å²) in [5, 5.41) is -0.451. The van der Waals surface area contributed by atoms with Gasteiger partial charge in [-0.3, -0.25) is 4.31 Å². The van der Waals surface area contributed by atoms with Crippen molar-refractivity contribution in [1.82, 2.24) is 4.98 Å². The maximum atomic E-state index is 13.3. The second kappa shape index (κ2) is 6.27. The fourth-order valence-corrected chi connectivity index (χ4v) is 6.09. The molecule has 27 heavy (non-hydrogen) atoms. The number of piperidine rings is 1. The summed E-state index contributed by atoms with van der Waals surface area (Å²) in [6, 6.07) is 15.9. The summed E-state index contributed by atoms with van der Waals surface area (Å²) in [4.78, 5) is 6.50. The monoisotopic (exact) mass is 383 g/mol. The van der Waals surface area contributed by atoms with E-state index in [1.165, 1.54) is 0 Å². The van der Waals surface area contributed by atoms with Crippen LogP contribution >= 0.6 is 0 Å². The van der Waals surface area contributed by atoms with Gasteiger partial charge in [-0.2, -0.15) is 4.98 Å². The molecule has 1 unspecified atom stereocenters. The molecule has 1 fully saturated rings. The normalized spacial score (nSPS) is 20.2. The zero-order chi connectivity index (χ0) is 18.4. The third-order valence-electron chi connectivity index (χ3n) is 5.50. The van der Waals surface area contributed by atoms with E-state index in [2.05, 4.69) is 4.98 Å². The van der Waals surface area contributed by atoms with Crippen LogP contribution in [0.5, 0.6) is 0 Å². The van der Waals surface area contributed by atoms with E-state index < -0.39 is 15.3 Å². The van der Waals surface area contributed by atoms with Crippen molar-refractivity contribution < 1.29 is 12.8 Å². The van der Waals surface area contributed by atoms with Crippen LogP contribution < -0.4 is 9.21 Å². The summed E-state index contributed by atoms with van der Waals surface area (Å²) in [7, 11) is -3.42. The Morgan fingerprint density at radius 2 is 1.85 bits per heavy atom. The first-order valence-electron chi connectivity index (χ1n) is 9.33. The molecule has 1 aromatic heterocycles. The van der Waals surface area contributed by atoms with E-state index in [0.29, 0.717) is 25.5 Å². The first kappa shape index (κ1) is 16.6. The summed E-state index contributed by atoms with van der Waals surface area (Å²) < 4.78 is 34.2. The topological polar surface area (TPSA) is 66.7 Å². The predicted molar refractivity (Wildman–Crippen MR) is 106 cm³/mol. The zero-order valence-electron chi connectivity index (χ0n) is 14.9. The van der Waals surface area contributed by atoms with Crippen LogP contribution in [-0.2, 0) is 16.4 Å². The van der Waals surface area contributed by atoms with Crippen LogP contribution in [0.4, 0.5) is 11.7 Å². The number of oxazole rings is 1. The maximum Gasteiger partial charge on any atom is 0.298 e. The Morgan fingerprint density at radius 1 is 1.04 bits per heavy atom. The molecule has 2 aromatic carbocycles. The molecule has 2 aliphatic heterocycles. The number of hydrogen-bond donors (Lipinski definition) is 0. The molecule has 0 radical (unpaired) electrons. The number of anilines is 2. The second-order valence-corrected chi connectivity index (χ2v) is 9.31. The summed E-state index contributed by atoms with van der Waals surface area (Å²) in [6.07, 6.45) is 2.24. The van der Waals surface area contributed by atoms with Gasteiger partial charge in [0.05, 0.1) is 10.9 Å². The quantitative estimate of drug-likeness (QED) is 0.695. The SMILES string of the molecule is O=S(=O)(C1CCCN(c2nc3ccccc3o2)C1)N1CCc2ccccc21. The minimum atomic E-state index is -3.42. The third kappa shape index (κ3) is 2.77. The third-order valence-corrected chi connectivity index (χ3v) is 7.73. The van der Waals surface area contributed by atoms with Gasteiger partial charge in [0.15, 0.2) is 5.58 Å². The van der Waals surface area contributed by atoms with Crippen LogP contribution in [0, 0.1) is 0 Å². The highest BCUT2D eigenvalue weighted by Gasteiger charge is 2.39. The fourth-order valence-electron chi connectivity index (χ4n) is 4.10. The number of nitrogens with zero attached hydrogens (tertiary/aromatic N) is 3. The highest BCUT2D eigenvalue weighted by Crippen LogP contribution is 2.34. The lowest BCUT2D eigenvalue weighted by Gasteiger charge is -2.34. The van der Waals surface area contributed by atoms with Gasteiger partial charge >= 0.3 is 0 Å². The molecule has 7 heteroatoms. The Labute approximate surface area is 158 Å². The van der Waals surface area contributed by atoms with Crippen LogP contribution in [0.1, 0.15) is 18.4 Å². The van der Waals surface area contributed by atoms with Gasteiger partial charge < -0.3 is 9.32 Å². The fraction of sp³-hybridized carbons (Fsp3) is 0.350. The van der Waals surface area contributed by atoms with Crippen molar-refractivity contribution >= 4 is 32.8 Å². The minimum Gasteiger partial charge on any atom is -0.423 e. The van der Waals surface area contributed by atoms with E-state index in [4.69, 9.17) is 4.42 Å². The Kier molecular flexibility index (Phi) is 3.86. The van der Waals surface area contributed by atoms with Crippen molar-refractivity contribution in [2.45, 2.75) is 24.5 Å². The van der Waals surface area contributed by atoms with Gasteiger partial charge in [0, 0.05) is 19.6 Å². The Hall–Kier alpha value is -2.54. The van der Waals surface area contributed by atoms with Crippen molar-refractivity contribution in [1.29, 1.82) is 0 Å². The number of hydrogen-bond acceptors (Lipinski definition) is 5. The molecule has 0 bridgehead atoms. The number of rotatable bonds is 3. The lowest BCUT2D eigenvalue weighted by molar-refractivity contribution is 0.494. The first-order valence-corrected chi connectivity index (χ1v) is 10.8. The lowest BCUT2D eigenvalue weighted by atomic mass is 10.1. The van der Waals surface area contributed by atoms with Crippen LogP contribution in [0.15, 0.2) is 52.9 Å². The molecule has 5 rings (SSSR count). The number of para-hydroxylation sites is 3. The molecule has 1 atom stereocenters. The average Bonchev–Trinajstić information content (AvgIpc) is 3.32.